The Bertz CT molecular complexity index is 249. The molecule has 0 aromatic rings. The normalized spacial score (nSPS) is 32.0. The summed E-state index contributed by atoms with van der Waals surface area (Å²) in [6.07, 6.45) is 8.88. The van der Waals surface area contributed by atoms with Gasteiger partial charge >= 0.3 is 0 Å². The zero-order valence-electron chi connectivity index (χ0n) is 10.7. The summed E-state index contributed by atoms with van der Waals surface area (Å²) in [5.74, 6) is 1.45. The van der Waals surface area contributed by atoms with Gasteiger partial charge in [0.1, 0.15) is 0 Å². The molecule has 2 nitrogen and oxygen atoms in total. The Kier molecular flexibility index (Phi) is 3.88. The van der Waals surface area contributed by atoms with Crippen molar-refractivity contribution in [2.45, 2.75) is 64.8 Å². The number of hydrogen-bond acceptors (Lipinski definition) is 1. The highest BCUT2D eigenvalue weighted by Crippen LogP contribution is 2.35. The smallest absolute Gasteiger partial charge is 0.225 e. The highest BCUT2D eigenvalue weighted by atomic mass is 16.2. The maximum atomic E-state index is 12.3. The van der Waals surface area contributed by atoms with Crippen molar-refractivity contribution in [3.63, 3.8) is 0 Å². The van der Waals surface area contributed by atoms with Crippen molar-refractivity contribution >= 4 is 5.91 Å². The lowest BCUT2D eigenvalue weighted by Gasteiger charge is -2.45. The van der Waals surface area contributed by atoms with Crippen LogP contribution in [-0.4, -0.2) is 23.4 Å². The molecule has 0 unspecified atom stereocenters. The predicted molar refractivity (Wildman–Crippen MR) is 66.1 cm³/mol. The van der Waals surface area contributed by atoms with Gasteiger partial charge in [-0.3, -0.25) is 4.79 Å². The quantitative estimate of drug-likeness (QED) is 0.704. The molecule has 3 atom stereocenters. The molecule has 2 rings (SSSR count). The van der Waals surface area contributed by atoms with Gasteiger partial charge in [0.25, 0.3) is 0 Å². The fourth-order valence-electron chi connectivity index (χ4n) is 3.36. The summed E-state index contributed by atoms with van der Waals surface area (Å²) in [7, 11) is 0. The SMILES string of the molecule is CC[C@H](C)C(=O)N1CCC[C@@H]2CCCC[C@H]21. The molecule has 92 valence electrons. The number of rotatable bonds is 2. The number of hydrogen-bond donors (Lipinski definition) is 0. The topological polar surface area (TPSA) is 20.3 Å². The highest BCUT2D eigenvalue weighted by molar-refractivity contribution is 5.78. The van der Waals surface area contributed by atoms with Crippen molar-refractivity contribution in [3.05, 3.63) is 0 Å². The predicted octanol–water partition coefficient (Wildman–Crippen LogP) is 3.21. The standard InChI is InChI=1S/C14H25NO/c1-3-11(2)14(16)15-10-6-8-12-7-4-5-9-13(12)15/h11-13H,3-10H2,1-2H3/t11-,12-,13+/m0/s1. The Morgan fingerprint density at radius 2 is 1.94 bits per heavy atom. The lowest BCUT2D eigenvalue weighted by Crippen LogP contribution is -2.51. The first-order chi connectivity index (χ1) is 7.74. The summed E-state index contributed by atoms with van der Waals surface area (Å²) in [5.41, 5.74) is 0. The van der Waals surface area contributed by atoms with Gasteiger partial charge in [-0.25, -0.2) is 0 Å². The maximum Gasteiger partial charge on any atom is 0.225 e. The molecule has 2 heteroatoms. The molecule has 2 fully saturated rings. The van der Waals surface area contributed by atoms with E-state index in [4.69, 9.17) is 0 Å². The van der Waals surface area contributed by atoms with E-state index in [2.05, 4.69) is 18.7 Å². The Morgan fingerprint density at radius 3 is 2.69 bits per heavy atom. The van der Waals surface area contributed by atoms with Crippen LogP contribution in [0.15, 0.2) is 0 Å². The average Bonchev–Trinajstić information content (AvgIpc) is 2.36. The molecule has 0 aromatic heterocycles. The summed E-state index contributed by atoms with van der Waals surface area (Å²) < 4.78 is 0. The van der Waals surface area contributed by atoms with Crippen LogP contribution >= 0.6 is 0 Å². The van der Waals surface area contributed by atoms with Crippen LogP contribution in [0.5, 0.6) is 0 Å². The molecular formula is C14H25NO. The van der Waals surface area contributed by atoms with E-state index in [1.165, 1.54) is 38.5 Å². The third-order valence-electron chi connectivity index (χ3n) is 4.56. The fraction of sp³-hybridized carbons (Fsp3) is 0.929. The molecular weight excluding hydrogens is 198 g/mol. The summed E-state index contributed by atoms with van der Waals surface area (Å²) in [6.45, 7) is 5.21. The first-order valence-corrected chi connectivity index (χ1v) is 7.04. The molecule has 1 aliphatic carbocycles. The molecule has 1 saturated heterocycles. The first-order valence-electron chi connectivity index (χ1n) is 7.04. The second-order valence-electron chi connectivity index (χ2n) is 5.60. The van der Waals surface area contributed by atoms with Crippen LogP contribution in [0.4, 0.5) is 0 Å². The van der Waals surface area contributed by atoms with E-state index in [9.17, 15) is 4.79 Å². The Labute approximate surface area is 99.4 Å². The highest BCUT2D eigenvalue weighted by Gasteiger charge is 2.36. The summed E-state index contributed by atoms with van der Waals surface area (Å²) in [5, 5.41) is 0. The van der Waals surface area contributed by atoms with E-state index in [1.807, 2.05) is 0 Å². The van der Waals surface area contributed by atoms with Gasteiger partial charge in [-0.1, -0.05) is 26.7 Å². The molecule has 1 amide bonds. The molecule has 1 aliphatic heterocycles. The van der Waals surface area contributed by atoms with Crippen molar-refractivity contribution in [1.82, 2.24) is 4.90 Å². The van der Waals surface area contributed by atoms with Crippen molar-refractivity contribution in [1.29, 1.82) is 0 Å². The minimum Gasteiger partial charge on any atom is -0.339 e. The summed E-state index contributed by atoms with van der Waals surface area (Å²) >= 11 is 0. The number of carbonyl (C=O) groups is 1. The molecule has 0 bridgehead atoms. The van der Waals surface area contributed by atoms with Crippen LogP contribution in [0, 0.1) is 11.8 Å². The summed E-state index contributed by atoms with van der Waals surface area (Å²) in [6, 6.07) is 0.587. The van der Waals surface area contributed by atoms with Crippen LogP contribution < -0.4 is 0 Å². The molecule has 0 spiro atoms. The van der Waals surface area contributed by atoms with Gasteiger partial charge in [0.15, 0.2) is 0 Å². The molecule has 2 aliphatic rings. The van der Waals surface area contributed by atoms with Gasteiger partial charge in [0.2, 0.25) is 5.91 Å². The van der Waals surface area contributed by atoms with Crippen molar-refractivity contribution in [2.24, 2.45) is 11.8 Å². The minimum absolute atomic E-state index is 0.223. The maximum absolute atomic E-state index is 12.3. The molecule has 16 heavy (non-hydrogen) atoms. The molecule has 0 N–H and O–H groups in total. The third-order valence-corrected chi connectivity index (χ3v) is 4.56. The fourth-order valence-corrected chi connectivity index (χ4v) is 3.36. The monoisotopic (exact) mass is 223 g/mol. The van der Waals surface area contributed by atoms with Crippen LogP contribution in [0.1, 0.15) is 58.8 Å². The van der Waals surface area contributed by atoms with Gasteiger partial charge in [-0.05, 0) is 38.0 Å². The molecule has 1 heterocycles. The number of amides is 1. The van der Waals surface area contributed by atoms with E-state index < -0.39 is 0 Å². The number of nitrogens with zero attached hydrogens (tertiary/aromatic N) is 1. The van der Waals surface area contributed by atoms with Gasteiger partial charge in [0, 0.05) is 18.5 Å². The van der Waals surface area contributed by atoms with Crippen molar-refractivity contribution in [2.75, 3.05) is 6.54 Å². The number of likely N-dealkylation sites (tertiary alicyclic amines) is 1. The second kappa shape index (κ2) is 5.20. The van der Waals surface area contributed by atoms with Crippen LogP contribution in [-0.2, 0) is 4.79 Å². The number of fused-ring (bicyclic) bond motifs is 1. The third kappa shape index (κ3) is 2.26. The Balaban J connectivity index is 2.04. The molecule has 0 aromatic carbocycles. The van der Waals surface area contributed by atoms with Gasteiger partial charge in [-0.2, -0.15) is 0 Å². The Hall–Kier alpha value is -0.530. The Morgan fingerprint density at radius 1 is 1.25 bits per heavy atom. The zero-order valence-corrected chi connectivity index (χ0v) is 10.7. The lowest BCUT2D eigenvalue weighted by atomic mass is 9.78. The van der Waals surface area contributed by atoms with Crippen LogP contribution in [0.2, 0.25) is 0 Å². The molecule has 1 saturated carbocycles. The van der Waals surface area contributed by atoms with E-state index in [0.717, 1.165) is 18.9 Å². The first kappa shape index (κ1) is 11.9. The van der Waals surface area contributed by atoms with E-state index >= 15 is 0 Å². The number of carbonyl (C=O) groups excluding carboxylic acids is 1. The zero-order chi connectivity index (χ0) is 11.5. The number of piperidine rings is 1. The largest absolute Gasteiger partial charge is 0.339 e. The molecule has 0 radical (unpaired) electrons. The average molecular weight is 223 g/mol. The second-order valence-corrected chi connectivity index (χ2v) is 5.60. The van der Waals surface area contributed by atoms with Crippen molar-refractivity contribution < 1.29 is 4.79 Å². The van der Waals surface area contributed by atoms with Crippen molar-refractivity contribution in [3.8, 4) is 0 Å². The minimum atomic E-state index is 0.223. The van der Waals surface area contributed by atoms with Gasteiger partial charge in [0.05, 0.1) is 0 Å². The van der Waals surface area contributed by atoms with Gasteiger partial charge < -0.3 is 4.90 Å². The van der Waals surface area contributed by atoms with Crippen LogP contribution in [0.25, 0.3) is 0 Å². The van der Waals surface area contributed by atoms with E-state index in [-0.39, 0.29) is 5.92 Å². The van der Waals surface area contributed by atoms with Gasteiger partial charge in [-0.15, -0.1) is 0 Å². The lowest BCUT2D eigenvalue weighted by molar-refractivity contribution is -0.141. The van der Waals surface area contributed by atoms with E-state index in [1.54, 1.807) is 0 Å². The van der Waals surface area contributed by atoms with E-state index in [0.29, 0.717) is 11.9 Å². The summed E-state index contributed by atoms with van der Waals surface area (Å²) in [4.78, 5) is 14.5. The van der Waals surface area contributed by atoms with Crippen LogP contribution in [0.3, 0.4) is 0 Å².